The van der Waals surface area contributed by atoms with Crippen LogP contribution in [0.2, 0.25) is 0 Å². The maximum Gasteiger partial charge on any atom is 0.126 e. The summed E-state index contributed by atoms with van der Waals surface area (Å²) in [5.74, 6) is 0.933. The number of hydrogen-bond donors (Lipinski definition) is 2. The van der Waals surface area contributed by atoms with Gasteiger partial charge in [-0.05, 0) is 42.0 Å². The fraction of sp³-hybridized carbons (Fsp3) is 0.0588. The van der Waals surface area contributed by atoms with E-state index in [0.29, 0.717) is 12.4 Å². The van der Waals surface area contributed by atoms with Crippen molar-refractivity contribution in [2.24, 2.45) is 0 Å². The van der Waals surface area contributed by atoms with Crippen LogP contribution in [0.4, 0.5) is 16.0 Å². The molecule has 0 aliphatic heterocycles. The molecule has 0 fully saturated rings. The Morgan fingerprint density at radius 1 is 1.05 bits per heavy atom. The van der Waals surface area contributed by atoms with Gasteiger partial charge in [0.15, 0.2) is 0 Å². The topological polar surface area (TPSA) is 63.8 Å². The molecular weight excluding hydrogens is 279 g/mol. The lowest BCUT2D eigenvalue weighted by Gasteiger charge is -2.08. The number of rotatable bonds is 4. The van der Waals surface area contributed by atoms with Crippen LogP contribution in [0, 0.1) is 5.82 Å². The van der Waals surface area contributed by atoms with Crippen molar-refractivity contribution >= 4 is 11.6 Å². The normalized spacial score (nSPS) is 10.4. The molecule has 0 aliphatic carbocycles. The van der Waals surface area contributed by atoms with Gasteiger partial charge in [0.25, 0.3) is 0 Å². The molecule has 3 rings (SSSR count). The highest BCUT2D eigenvalue weighted by Crippen LogP contribution is 2.20. The van der Waals surface area contributed by atoms with Crippen LogP contribution in [0.1, 0.15) is 5.56 Å². The first-order valence-electron chi connectivity index (χ1n) is 6.88. The van der Waals surface area contributed by atoms with Gasteiger partial charge < -0.3 is 11.1 Å². The van der Waals surface area contributed by atoms with E-state index in [9.17, 15) is 4.39 Å². The lowest BCUT2D eigenvalue weighted by Crippen LogP contribution is -2.02. The summed E-state index contributed by atoms with van der Waals surface area (Å²) >= 11 is 0. The third-order valence-corrected chi connectivity index (χ3v) is 3.19. The van der Waals surface area contributed by atoms with Crippen molar-refractivity contribution < 1.29 is 4.39 Å². The van der Waals surface area contributed by atoms with Gasteiger partial charge in [-0.15, -0.1) is 0 Å². The summed E-state index contributed by atoms with van der Waals surface area (Å²) in [6, 6.07) is 15.8. The van der Waals surface area contributed by atoms with Crippen LogP contribution in [0.3, 0.4) is 0 Å². The second-order valence-electron chi connectivity index (χ2n) is 4.86. The molecule has 0 atom stereocenters. The fourth-order valence-corrected chi connectivity index (χ4v) is 2.14. The molecule has 5 heteroatoms. The highest BCUT2D eigenvalue weighted by Gasteiger charge is 2.02. The van der Waals surface area contributed by atoms with Gasteiger partial charge in [0.2, 0.25) is 0 Å². The number of nitrogens with two attached hydrogens (primary N) is 1. The Kier molecular flexibility index (Phi) is 3.96. The predicted molar refractivity (Wildman–Crippen MR) is 85.6 cm³/mol. The Labute approximate surface area is 127 Å². The third-order valence-electron chi connectivity index (χ3n) is 3.19. The van der Waals surface area contributed by atoms with Crippen LogP contribution < -0.4 is 11.1 Å². The molecule has 2 aromatic heterocycles. The highest BCUT2D eigenvalue weighted by atomic mass is 19.1. The fourth-order valence-electron chi connectivity index (χ4n) is 2.14. The third kappa shape index (κ3) is 3.38. The van der Waals surface area contributed by atoms with Gasteiger partial charge in [0.1, 0.15) is 17.5 Å². The predicted octanol–water partition coefficient (Wildman–Crippen LogP) is 3.48. The summed E-state index contributed by atoms with van der Waals surface area (Å²) in [5, 5.41) is 3.19. The first-order chi connectivity index (χ1) is 10.7. The van der Waals surface area contributed by atoms with E-state index in [1.54, 1.807) is 18.3 Å². The van der Waals surface area contributed by atoms with Gasteiger partial charge in [-0.3, -0.25) is 0 Å². The molecule has 4 nitrogen and oxygen atoms in total. The van der Waals surface area contributed by atoms with E-state index in [-0.39, 0.29) is 5.82 Å². The number of pyridine rings is 2. The van der Waals surface area contributed by atoms with Crippen molar-refractivity contribution in [3.8, 4) is 11.3 Å². The van der Waals surface area contributed by atoms with Crippen molar-refractivity contribution in [3.05, 3.63) is 72.2 Å². The molecule has 0 bridgehead atoms. The lowest BCUT2D eigenvalue weighted by atomic mass is 10.1. The standard InChI is InChI=1S/C17H15FN4/c18-14-4-1-3-12(9-14)11-21-17-6-2-5-15(22-17)13-7-8-20-16(19)10-13/h1-10H,11H2,(H2,19,20)(H,21,22). The highest BCUT2D eigenvalue weighted by molar-refractivity contribution is 5.63. The molecule has 0 radical (unpaired) electrons. The van der Waals surface area contributed by atoms with Gasteiger partial charge in [-0.2, -0.15) is 0 Å². The van der Waals surface area contributed by atoms with Gasteiger partial charge in [0.05, 0.1) is 5.69 Å². The van der Waals surface area contributed by atoms with E-state index in [2.05, 4.69) is 15.3 Å². The van der Waals surface area contributed by atoms with E-state index in [1.807, 2.05) is 30.3 Å². The zero-order valence-electron chi connectivity index (χ0n) is 11.8. The Morgan fingerprint density at radius 3 is 2.73 bits per heavy atom. The second-order valence-corrected chi connectivity index (χ2v) is 4.86. The molecule has 2 heterocycles. The number of halogens is 1. The number of nitrogen functional groups attached to an aromatic ring is 1. The number of anilines is 2. The van der Waals surface area contributed by atoms with Crippen molar-refractivity contribution in [2.75, 3.05) is 11.1 Å². The van der Waals surface area contributed by atoms with Crippen LogP contribution in [0.5, 0.6) is 0 Å². The van der Waals surface area contributed by atoms with Crippen molar-refractivity contribution in [2.45, 2.75) is 6.54 Å². The van der Waals surface area contributed by atoms with E-state index >= 15 is 0 Å². The molecule has 3 aromatic rings. The smallest absolute Gasteiger partial charge is 0.126 e. The average Bonchev–Trinajstić information content (AvgIpc) is 2.53. The number of benzene rings is 1. The summed E-state index contributed by atoms with van der Waals surface area (Å²) in [4.78, 5) is 8.50. The quantitative estimate of drug-likeness (QED) is 0.773. The first-order valence-corrected chi connectivity index (χ1v) is 6.88. The minimum absolute atomic E-state index is 0.242. The SMILES string of the molecule is Nc1cc(-c2cccc(NCc3cccc(F)c3)n2)ccn1. The zero-order valence-corrected chi connectivity index (χ0v) is 11.8. The van der Waals surface area contributed by atoms with Crippen LogP contribution in [0.15, 0.2) is 60.8 Å². The van der Waals surface area contributed by atoms with E-state index in [4.69, 9.17) is 5.73 Å². The largest absolute Gasteiger partial charge is 0.384 e. The van der Waals surface area contributed by atoms with Crippen LogP contribution in [-0.4, -0.2) is 9.97 Å². The molecule has 0 amide bonds. The molecule has 22 heavy (non-hydrogen) atoms. The van der Waals surface area contributed by atoms with E-state index in [1.165, 1.54) is 12.1 Å². The monoisotopic (exact) mass is 294 g/mol. The summed E-state index contributed by atoms with van der Waals surface area (Å²) in [6.45, 7) is 0.507. The average molecular weight is 294 g/mol. The van der Waals surface area contributed by atoms with Gasteiger partial charge >= 0.3 is 0 Å². The summed E-state index contributed by atoms with van der Waals surface area (Å²) in [7, 11) is 0. The molecule has 1 aromatic carbocycles. The Hall–Kier alpha value is -2.95. The lowest BCUT2D eigenvalue weighted by molar-refractivity contribution is 0.626. The van der Waals surface area contributed by atoms with Gasteiger partial charge in [-0.1, -0.05) is 18.2 Å². The summed E-state index contributed by atoms with van der Waals surface area (Å²) < 4.78 is 13.2. The minimum Gasteiger partial charge on any atom is -0.384 e. The van der Waals surface area contributed by atoms with E-state index in [0.717, 1.165) is 22.6 Å². The van der Waals surface area contributed by atoms with Crippen molar-refractivity contribution in [1.82, 2.24) is 9.97 Å². The minimum atomic E-state index is -0.242. The number of hydrogen-bond acceptors (Lipinski definition) is 4. The van der Waals surface area contributed by atoms with Crippen molar-refractivity contribution in [1.29, 1.82) is 0 Å². The molecular formula is C17H15FN4. The molecule has 110 valence electrons. The maximum atomic E-state index is 13.2. The molecule has 0 saturated carbocycles. The molecule has 0 unspecified atom stereocenters. The Balaban J connectivity index is 1.77. The van der Waals surface area contributed by atoms with Crippen LogP contribution in [0.25, 0.3) is 11.3 Å². The number of nitrogens with one attached hydrogen (secondary N) is 1. The molecule has 0 aliphatic rings. The van der Waals surface area contributed by atoms with Gasteiger partial charge in [0, 0.05) is 18.3 Å². The zero-order chi connectivity index (χ0) is 15.4. The van der Waals surface area contributed by atoms with Crippen LogP contribution in [-0.2, 0) is 6.54 Å². The number of nitrogens with zero attached hydrogens (tertiary/aromatic N) is 2. The Bertz CT molecular complexity index is 789. The Morgan fingerprint density at radius 2 is 1.91 bits per heavy atom. The van der Waals surface area contributed by atoms with Crippen LogP contribution >= 0.6 is 0 Å². The van der Waals surface area contributed by atoms with E-state index < -0.39 is 0 Å². The molecule has 0 saturated heterocycles. The second kappa shape index (κ2) is 6.22. The summed E-state index contributed by atoms with van der Waals surface area (Å²) in [5.41, 5.74) is 8.26. The summed E-state index contributed by atoms with van der Waals surface area (Å²) in [6.07, 6.45) is 1.65. The first kappa shape index (κ1) is 14.0. The van der Waals surface area contributed by atoms with Gasteiger partial charge in [-0.25, -0.2) is 14.4 Å². The maximum absolute atomic E-state index is 13.2. The number of aromatic nitrogens is 2. The molecule has 3 N–H and O–H groups in total. The van der Waals surface area contributed by atoms with Crippen molar-refractivity contribution in [3.63, 3.8) is 0 Å². The molecule has 0 spiro atoms.